The van der Waals surface area contributed by atoms with Crippen molar-refractivity contribution >= 4 is 5.97 Å². The van der Waals surface area contributed by atoms with E-state index in [0.29, 0.717) is 5.57 Å². The van der Waals surface area contributed by atoms with Gasteiger partial charge in [-0.3, -0.25) is 4.79 Å². The normalized spacial score (nSPS) is 5.86. The lowest BCUT2D eigenvalue weighted by Gasteiger charge is -1.88. The second-order valence-electron chi connectivity index (χ2n) is 1.43. The largest absolute Gasteiger partial charge is 0.481 e. The second kappa shape index (κ2) is 29.7. The van der Waals surface area contributed by atoms with E-state index in [0.717, 1.165) is 0 Å². The fourth-order valence-electron chi connectivity index (χ4n) is 0.266. The van der Waals surface area contributed by atoms with Crippen LogP contribution in [0, 0.1) is 0 Å². The zero-order valence-corrected chi connectivity index (χ0v) is 10.6. The van der Waals surface area contributed by atoms with Gasteiger partial charge in [-0.1, -0.05) is 60.8 Å². The number of carboxylic acids is 1. The van der Waals surface area contributed by atoms with Gasteiger partial charge in [0, 0.05) is 0 Å². The van der Waals surface area contributed by atoms with Crippen LogP contribution in [-0.4, -0.2) is 11.1 Å². The standard InChI is InChI=1S/C6H8O2.3C2H6/c1-3-5(2)4-6(7)8;3*1-2/h3H,1-2,4H2,(H,7,8);3*1-2H3. The number of carboxylic acid groups (broad SMARTS) is 1. The average molecular weight is 202 g/mol. The maximum Gasteiger partial charge on any atom is 0.307 e. The molecule has 0 radical (unpaired) electrons. The van der Waals surface area contributed by atoms with Gasteiger partial charge >= 0.3 is 5.97 Å². The third-order valence-corrected chi connectivity index (χ3v) is 0.667. The Kier molecular flexibility index (Phi) is 48.9. The van der Waals surface area contributed by atoms with Gasteiger partial charge in [0.1, 0.15) is 0 Å². The Labute approximate surface area is 89.3 Å². The molecule has 0 aromatic heterocycles. The Balaban J connectivity index is -0.0000000708. The van der Waals surface area contributed by atoms with Crippen LogP contribution in [0.25, 0.3) is 0 Å². The molecule has 0 saturated carbocycles. The molecule has 0 atom stereocenters. The minimum absolute atomic E-state index is 0.0104. The smallest absolute Gasteiger partial charge is 0.307 e. The molecule has 0 fully saturated rings. The molecule has 0 unspecified atom stereocenters. The van der Waals surface area contributed by atoms with E-state index in [1.54, 1.807) is 0 Å². The number of hydrogen-bond donors (Lipinski definition) is 1. The summed E-state index contributed by atoms with van der Waals surface area (Å²) in [7, 11) is 0. The van der Waals surface area contributed by atoms with Crippen molar-refractivity contribution in [1.29, 1.82) is 0 Å². The summed E-state index contributed by atoms with van der Waals surface area (Å²) in [5.41, 5.74) is 0.539. The van der Waals surface area contributed by atoms with Crippen molar-refractivity contribution in [2.45, 2.75) is 48.0 Å². The van der Waals surface area contributed by atoms with Gasteiger partial charge in [0.05, 0.1) is 6.42 Å². The van der Waals surface area contributed by atoms with Gasteiger partial charge in [-0.2, -0.15) is 0 Å². The molecule has 0 bridgehead atoms. The van der Waals surface area contributed by atoms with Crippen LogP contribution in [0.2, 0.25) is 0 Å². The van der Waals surface area contributed by atoms with Gasteiger partial charge in [0.25, 0.3) is 0 Å². The van der Waals surface area contributed by atoms with E-state index in [-0.39, 0.29) is 6.42 Å². The van der Waals surface area contributed by atoms with Crippen LogP contribution in [0.3, 0.4) is 0 Å². The van der Waals surface area contributed by atoms with Crippen LogP contribution >= 0.6 is 0 Å². The first-order chi connectivity index (χ1) is 6.66. The summed E-state index contributed by atoms with van der Waals surface area (Å²) in [5, 5.41) is 8.11. The van der Waals surface area contributed by atoms with Crippen molar-refractivity contribution in [1.82, 2.24) is 0 Å². The summed E-state index contributed by atoms with van der Waals surface area (Å²) in [6.07, 6.45) is 1.43. The lowest BCUT2D eigenvalue weighted by atomic mass is 10.2. The molecule has 14 heavy (non-hydrogen) atoms. The van der Waals surface area contributed by atoms with E-state index < -0.39 is 5.97 Å². The molecule has 0 saturated heterocycles. The van der Waals surface area contributed by atoms with E-state index in [9.17, 15) is 4.79 Å². The van der Waals surface area contributed by atoms with E-state index in [1.165, 1.54) is 6.08 Å². The molecule has 0 spiro atoms. The van der Waals surface area contributed by atoms with Gasteiger partial charge in [-0.15, -0.1) is 0 Å². The zero-order chi connectivity index (χ0) is 12.6. The molecule has 0 rings (SSSR count). The quantitative estimate of drug-likeness (QED) is 0.693. The fraction of sp³-hybridized carbons (Fsp3) is 0.583. The van der Waals surface area contributed by atoms with Crippen molar-refractivity contribution in [3.63, 3.8) is 0 Å². The first kappa shape index (κ1) is 23.1. The highest BCUT2D eigenvalue weighted by molar-refractivity contribution is 5.70. The highest BCUT2D eigenvalue weighted by Crippen LogP contribution is 1.96. The van der Waals surface area contributed by atoms with Gasteiger partial charge in [-0.25, -0.2) is 0 Å². The summed E-state index contributed by atoms with van der Waals surface area (Å²) >= 11 is 0. The van der Waals surface area contributed by atoms with Gasteiger partial charge in [0.15, 0.2) is 0 Å². The highest BCUT2D eigenvalue weighted by Gasteiger charge is 1.94. The molecule has 0 aliphatic rings. The molecular weight excluding hydrogens is 176 g/mol. The van der Waals surface area contributed by atoms with Crippen LogP contribution in [0.5, 0.6) is 0 Å². The van der Waals surface area contributed by atoms with Crippen molar-refractivity contribution in [3.8, 4) is 0 Å². The topological polar surface area (TPSA) is 37.3 Å². The minimum atomic E-state index is -0.866. The van der Waals surface area contributed by atoms with Crippen LogP contribution in [0.15, 0.2) is 24.8 Å². The van der Waals surface area contributed by atoms with Crippen molar-refractivity contribution < 1.29 is 9.90 Å². The molecular formula is C12H26O2. The van der Waals surface area contributed by atoms with Crippen molar-refractivity contribution in [2.75, 3.05) is 0 Å². The summed E-state index contributed by atoms with van der Waals surface area (Å²) < 4.78 is 0. The monoisotopic (exact) mass is 202 g/mol. The Hall–Kier alpha value is -1.05. The van der Waals surface area contributed by atoms with Crippen molar-refractivity contribution in [2.24, 2.45) is 0 Å². The maximum absolute atomic E-state index is 9.86. The summed E-state index contributed by atoms with van der Waals surface area (Å²) in [6, 6.07) is 0. The van der Waals surface area contributed by atoms with Gasteiger partial charge in [-0.05, 0) is 5.57 Å². The average Bonchev–Trinajstić information content (AvgIpc) is 2.25. The van der Waals surface area contributed by atoms with Gasteiger partial charge in [0.2, 0.25) is 0 Å². The van der Waals surface area contributed by atoms with Gasteiger partial charge < -0.3 is 5.11 Å². The predicted octanol–water partition coefficient (Wildman–Crippen LogP) is 4.28. The van der Waals surface area contributed by atoms with E-state index in [1.807, 2.05) is 41.5 Å². The maximum atomic E-state index is 9.86. The number of rotatable bonds is 3. The summed E-state index contributed by atoms with van der Waals surface area (Å²) in [5.74, 6) is -0.866. The molecule has 0 aliphatic heterocycles. The first-order valence-electron chi connectivity index (χ1n) is 5.19. The molecule has 2 heteroatoms. The Morgan fingerprint density at radius 3 is 1.50 bits per heavy atom. The van der Waals surface area contributed by atoms with Crippen LogP contribution in [-0.2, 0) is 4.79 Å². The second-order valence-corrected chi connectivity index (χ2v) is 1.43. The highest BCUT2D eigenvalue weighted by atomic mass is 16.4. The summed E-state index contributed by atoms with van der Waals surface area (Å²) in [4.78, 5) is 9.86. The SMILES string of the molecule is C=CC(=C)CC(=O)O.CC.CC.CC. The Bertz CT molecular complexity index is 126. The van der Waals surface area contributed by atoms with Crippen LogP contribution in [0.4, 0.5) is 0 Å². The fourth-order valence-corrected chi connectivity index (χ4v) is 0.266. The molecule has 2 nitrogen and oxygen atoms in total. The molecule has 1 N–H and O–H groups in total. The minimum Gasteiger partial charge on any atom is -0.481 e. The van der Waals surface area contributed by atoms with E-state index >= 15 is 0 Å². The van der Waals surface area contributed by atoms with Crippen molar-refractivity contribution in [3.05, 3.63) is 24.8 Å². The lowest BCUT2D eigenvalue weighted by Crippen LogP contribution is -1.93. The molecule has 0 aromatic rings. The molecule has 0 aromatic carbocycles. The Morgan fingerprint density at radius 1 is 1.14 bits per heavy atom. The van der Waals surface area contributed by atoms with E-state index in [4.69, 9.17) is 5.11 Å². The third-order valence-electron chi connectivity index (χ3n) is 0.667. The number of carbonyl (C=O) groups is 1. The number of allylic oxidation sites excluding steroid dienone is 1. The van der Waals surface area contributed by atoms with E-state index in [2.05, 4.69) is 13.2 Å². The lowest BCUT2D eigenvalue weighted by molar-refractivity contribution is -0.136. The Morgan fingerprint density at radius 2 is 1.43 bits per heavy atom. The molecule has 86 valence electrons. The molecule has 0 heterocycles. The third kappa shape index (κ3) is 44.2. The number of aliphatic carboxylic acids is 1. The van der Waals surface area contributed by atoms with Crippen LogP contribution in [0.1, 0.15) is 48.0 Å². The van der Waals surface area contributed by atoms with Crippen LogP contribution < -0.4 is 0 Å². The molecule has 0 amide bonds. The zero-order valence-electron chi connectivity index (χ0n) is 10.6. The first-order valence-corrected chi connectivity index (χ1v) is 5.19. The summed E-state index contributed by atoms with van der Waals surface area (Å²) in [6.45, 7) is 18.8. The predicted molar refractivity (Wildman–Crippen MR) is 65.6 cm³/mol. The molecule has 0 aliphatic carbocycles. The number of hydrogen-bond acceptors (Lipinski definition) is 1.